The first-order valence-electron chi connectivity index (χ1n) is 9.43. The molecule has 24 heavy (non-hydrogen) atoms. The van der Waals surface area contributed by atoms with Crippen LogP contribution in [0, 0.1) is 5.92 Å². The van der Waals surface area contributed by atoms with E-state index in [-0.39, 0.29) is 11.8 Å². The van der Waals surface area contributed by atoms with Crippen LogP contribution in [-0.4, -0.2) is 29.9 Å². The second kappa shape index (κ2) is 9.80. The highest BCUT2D eigenvalue weighted by atomic mass is 16.2. The molecular weight excluding hydrogens is 298 g/mol. The van der Waals surface area contributed by atoms with Gasteiger partial charge >= 0.3 is 0 Å². The third kappa shape index (κ3) is 5.91. The average molecular weight is 332 g/mol. The fraction of sp³-hybridized carbons (Fsp3) is 0.650. The molecule has 0 aromatic heterocycles. The van der Waals surface area contributed by atoms with Gasteiger partial charge in [-0.05, 0) is 43.0 Å². The molecule has 1 aliphatic heterocycles. The summed E-state index contributed by atoms with van der Waals surface area (Å²) >= 11 is 0. The zero-order valence-corrected chi connectivity index (χ0v) is 15.3. The van der Waals surface area contributed by atoms with Gasteiger partial charge in [0.1, 0.15) is 0 Å². The molecule has 0 bridgehead atoms. The Morgan fingerprint density at radius 2 is 1.88 bits per heavy atom. The number of nitrogens with one attached hydrogen (secondary N) is 1. The molecule has 134 valence electrons. The van der Waals surface area contributed by atoms with Crippen LogP contribution in [0.4, 0.5) is 0 Å². The summed E-state index contributed by atoms with van der Waals surface area (Å²) in [5.74, 6) is 0.154. The van der Waals surface area contributed by atoms with Crippen molar-refractivity contribution in [1.29, 1.82) is 0 Å². The Bertz CT molecular complexity index is 509. The van der Waals surface area contributed by atoms with Gasteiger partial charge in [0.05, 0.1) is 6.04 Å². The second-order valence-electron chi connectivity index (χ2n) is 7.14. The molecule has 0 spiro atoms. The average Bonchev–Trinajstić information content (AvgIpc) is 2.87. The van der Waals surface area contributed by atoms with E-state index in [1.807, 2.05) is 6.92 Å². The zero-order valence-electron chi connectivity index (χ0n) is 15.3. The third-order valence-electron chi connectivity index (χ3n) is 5.12. The van der Waals surface area contributed by atoms with Gasteiger partial charge in [0.15, 0.2) is 0 Å². The van der Waals surface area contributed by atoms with Crippen molar-refractivity contribution in [3.63, 3.8) is 0 Å². The molecule has 4 nitrogen and oxygen atoms in total. The Kier molecular flexibility index (Phi) is 7.73. The number of nitrogens with zero attached hydrogens (tertiary/aromatic N) is 1. The van der Waals surface area contributed by atoms with Crippen LogP contribution < -0.4 is 11.1 Å². The van der Waals surface area contributed by atoms with E-state index in [1.165, 1.54) is 44.3 Å². The van der Waals surface area contributed by atoms with Gasteiger partial charge in [-0.25, -0.2) is 0 Å². The summed E-state index contributed by atoms with van der Waals surface area (Å²) in [5.41, 5.74) is 8.46. The van der Waals surface area contributed by atoms with Gasteiger partial charge in [0.2, 0.25) is 5.91 Å². The Morgan fingerprint density at radius 3 is 2.54 bits per heavy atom. The molecule has 1 aliphatic rings. The van der Waals surface area contributed by atoms with Gasteiger partial charge in [-0.2, -0.15) is 0 Å². The van der Waals surface area contributed by atoms with Crippen molar-refractivity contribution in [1.82, 2.24) is 10.2 Å². The van der Waals surface area contributed by atoms with Crippen molar-refractivity contribution in [2.75, 3.05) is 13.1 Å². The Labute approximate surface area is 146 Å². The van der Waals surface area contributed by atoms with Gasteiger partial charge in [-0.3, -0.25) is 9.69 Å². The highest BCUT2D eigenvalue weighted by Crippen LogP contribution is 2.14. The molecular formula is C20H33N3O. The molecule has 0 radical (unpaired) electrons. The molecule has 1 saturated heterocycles. The monoisotopic (exact) mass is 331 g/mol. The van der Waals surface area contributed by atoms with E-state index in [2.05, 4.69) is 41.4 Å². The third-order valence-corrected chi connectivity index (χ3v) is 5.12. The van der Waals surface area contributed by atoms with Crippen LogP contribution in [0.1, 0.15) is 57.1 Å². The molecule has 1 amide bonds. The van der Waals surface area contributed by atoms with E-state index in [0.717, 1.165) is 18.5 Å². The number of benzene rings is 1. The molecule has 1 fully saturated rings. The standard InChI is InChI=1S/C20H33N3O/c1-3-16(2)19(21)20(24)22-14-17-9-8-10-18(13-17)15-23-11-6-4-5-7-12-23/h8-10,13,16,19H,3-7,11-12,14-15,21H2,1-2H3,(H,22,24). The highest BCUT2D eigenvalue weighted by Gasteiger charge is 2.18. The molecule has 3 N–H and O–H groups in total. The summed E-state index contributed by atoms with van der Waals surface area (Å²) in [6.07, 6.45) is 6.25. The summed E-state index contributed by atoms with van der Waals surface area (Å²) in [4.78, 5) is 14.7. The molecule has 4 heteroatoms. The van der Waals surface area contributed by atoms with Crippen molar-refractivity contribution in [3.05, 3.63) is 35.4 Å². The normalized spacial score (nSPS) is 18.6. The van der Waals surface area contributed by atoms with Crippen molar-refractivity contribution in [3.8, 4) is 0 Å². The number of hydrogen-bond donors (Lipinski definition) is 2. The van der Waals surface area contributed by atoms with E-state index >= 15 is 0 Å². The summed E-state index contributed by atoms with van der Waals surface area (Å²) in [5, 5.41) is 2.98. The lowest BCUT2D eigenvalue weighted by molar-refractivity contribution is -0.123. The number of carbonyl (C=O) groups is 1. The minimum Gasteiger partial charge on any atom is -0.351 e. The van der Waals surface area contributed by atoms with Crippen molar-refractivity contribution in [2.24, 2.45) is 11.7 Å². The van der Waals surface area contributed by atoms with E-state index in [9.17, 15) is 4.79 Å². The predicted molar refractivity (Wildman–Crippen MR) is 99.5 cm³/mol. The first kappa shape index (κ1) is 18.9. The molecule has 2 rings (SSSR count). The van der Waals surface area contributed by atoms with Gasteiger partial charge in [0, 0.05) is 13.1 Å². The molecule has 0 saturated carbocycles. The van der Waals surface area contributed by atoms with E-state index < -0.39 is 6.04 Å². The zero-order chi connectivity index (χ0) is 17.4. The second-order valence-corrected chi connectivity index (χ2v) is 7.14. The van der Waals surface area contributed by atoms with Crippen LogP contribution in [0.25, 0.3) is 0 Å². The molecule has 0 aliphatic carbocycles. The Balaban J connectivity index is 1.86. The van der Waals surface area contributed by atoms with Crippen LogP contribution in [0.3, 0.4) is 0 Å². The fourth-order valence-electron chi connectivity index (χ4n) is 3.21. The van der Waals surface area contributed by atoms with Crippen LogP contribution in [0.2, 0.25) is 0 Å². The smallest absolute Gasteiger partial charge is 0.237 e. The first-order chi connectivity index (χ1) is 11.6. The maximum atomic E-state index is 12.1. The number of amides is 1. The predicted octanol–water partition coefficient (Wildman–Crippen LogP) is 3.05. The summed E-state index contributed by atoms with van der Waals surface area (Å²) in [6, 6.07) is 8.13. The van der Waals surface area contributed by atoms with Crippen molar-refractivity contribution >= 4 is 5.91 Å². The lowest BCUT2D eigenvalue weighted by Gasteiger charge is -2.20. The summed E-state index contributed by atoms with van der Waals surface area (Å²) in [7, 11) is 0. The Hall–Kier alpha value is -1.39. The quantitative estimate of drug-likeness (QED) is 0.807. The molecule has 2 atom stereocenters. The number of hydrogen-bond acceptors (Lipinski definition) is 3. The van der Waals surface area contributed by atoms with E-state index in [1.54, 1.807) is 0 Å². The van der Waals surface area contributed by atoms with Crippen LogP contribution >= 0.6 is 0 Å². The van der Waals surface area contributed by atoms with Gasteiger partial charge in [-0.1, -0.05) is 57.4 Å². The van der Waals surface area contributed by atoms with E-state index in [4.69, 9.17) is 5.73 Å². The number of nitrogens with two attached hydrogens (primary N) is 1. The minimum absolute atomic E-state index is 0.0535. The number of carbonyl (C=O) groups excluding carboxylic acids is 1. The largest absolute Gasteiger partial charge is 0.351 e. The van der Waals surface area contributed by atoms with Crippen molar-refractivity contribution in [2.45, 2.75) is 65.1 Å². The number of likely N-dealkylation sites (tertiary alicyclic amines) is 1. The highest BCUT2D eigenvalue weighted by molar-refractivity contribution is 5.81. The maximum Gasteiger partial charge on any atom is 0.237 e. The topological polar surface area (TPSA) is 58.4 Å². The van der Waals surface area contributed by atoms with Gasteiger partial charge in [0.25, 0.3) is 0 Å². The summed E-state index contributed by atoms with van der Waals surface area (Å²) < 4.78 is 0. The van der Waals surface area contributed by atoms with Gasteiger partial charge in [-0.15, -0.1) is 0 Å². The first-order valence-corrected chi connectivity index (χ1v) is 9.43. The molecule has 1 heterocycles. The molecule has 2 unspecified atom stereocenters. The van der Waals surface area contributed by atoms with Crippen LogP contribution in [0.5, 0.6) is 0 Å². The molecule has 1 aromatic rings. The SMILES string of the molecule is CCC(C)C(N)C(=O)NCc1cccc(CN2CCCCCC2)c1. The minimum atomic E-state index is -0.421. The van der Waals surface area contributed by atoms with Crippen LogP contribution in [0.15, 0.2) is 24.3 Å². The maximum absolute atomic E-state index is 12.1. The lowest BCUT2D eigenvalue weighted by atomic mass is 9.99. The number of rotatable bonds is 7. The van der Waals surface area contributed by atoms with Gasteiger partial charge < -0.3 is 11.1 Å². The summed E-state index contributed by atoms with van der Waals surface area (Å²) in [6.45, 7) is 8.04. The van der Waals surface area contributed by atoms with E-state index in [0.29, 0.717) is 6.54 Å². The van der Waals surface area contributed by atoms with Crippen molar-refractivity contribution < 1.29 is 4.79 Å². The fourth-order valence-corrected chi connectivity index (χ4v) is 3.21. The lowest BCUT2D eigenvalue weighted by Crippen LogP contribution is -2.44. The van der Waals surface area contributed by atoms with Crippen LogP contribution in [-0.2, 0) is 17.9 Å². The Morgan fingerprint density at radius 1 is 1.21 bits per heavy atom. The molecule has 1 aromatic carbocycles.